The number of nitrogens with two attached hydrogens (primary N) is 1. The molecule has 1 aromatic carbocycles. The van der Waals surface area contributed by atoms with Crippen molar-refractivity contribution in [3.8, 4) is 0 Å². The number of aryl methyl sites for hydroxylation is 1. The average molecular weight is 344 g/mol. The number of rotatable bonds is 5. The molecule has 0 radical (unpaired) electrons. The van der Waals surface area contributed by atoms with Crippen molar-refractivity contribution in [2.45, 2.75) is 25.9 Å². The largest absolute Gasteiger partial charge is 0.272 e. The van der Waals surface area contributed by atoms with Crippen molar-refractivity contribution in [3.05, 3.63) is 51.2 Å². The Labute approximate surface area is 126 Å². The zero-order chi connectivity index (χ0) is 13.8. The van der Waals surface area contributed by atoms with E-state index in [9.17, 15) is 0 Å². The molecular weight excluding hydrogens is 328 g/mol. The maximum atomic E-state index is 6.05. The number of nitrogens with zero attached hydrogens (tertiary/aromatic N) is 2. The zero-order valence-electron chi connectivity index (χ0n) is 10.6. The van der Waals surface area contributed by atoms with Gasteiger partial charge in [0.05, 0.1) is 12.2 Å². The van der Waals surface area contributed by atoms with Crippen molar-refractivity contribution in [2.24, 2.45) is 5.84 Å². The molecule has 0 aliphatic heterocycles. The van der Waals surface area contributed by atoms with Crippen LogP contribution >= 0.6 is 27.5 Å². The minimum absolute atomic E-state index is 0.140. The van der Waals surface area contributed by atoms with Crippen molar-refractivity contribution in [1.82, 2.24) is 15.2 Å². The Hall–Kier alpha value is -0.880. The Morgan fingerprint density at radius 1 is 1.53 bits per heavy atom. The van der Waals surface area contributed by atoms with Gasteiger partial charge in [0.15, 0.2) is 0 Å². The number of nitrogens with one attached hydrogen (secondary N) is 1. The van der Waals surface area contributed by atoms with Gasteiger partial charge in [-0.15, -0.1) is 0 Å². The van der Waals surface area contributed by atoms with Gasteiger partial charge in [0, 0.05) is 27.8 Å². The standard InChI is InChI=1S/C13H16BrClN4/c1-2-5-19-8-9(7-17-19)13(18-16)11-6-10(15)3-4-12(11)14/h3-4,6-8,13,18H,2,5,16H2,1H3. The van der Waals surface area contributed by atoms with E-state index in [1.165, 1.54) is 0 Å². The molecular formula is C13H16BrClN4. The summed E-state index contributed by atoms with van der Waals surface area (Å²) in [6.07, 6.45) is 4.87. The number of benzene rings is 1. The highest BCUT2D eigenvalue weighted by Gasteiger charge is 2.17. The second kappa shape index (κ2) is 6.52. The monoisotopic (exact) mass is 342 g/mol. The Morgan fingerprint density at radius 3 is 3.00 bits per heavy atom. The van der Waals surface area contributed by atoms with Gasteiger partial charge in [-0.25, -0.2) is 5.43 Å². The summed E-state index contributed by atoms with van der Waals surface area (Å²) in [6, 6.07) is 5.51. The van der Waals surface area contributed by atoms with Gasteiger partial charge in [-0.2, -0.15) is 5.10 Å². The predicted molar refractivity (Wildman–Crippen MR) is 80.8 cm³/mol. The molecule has 0 bridgehead atoms. The molecule has 102 valence electrons. The van der Waals surface area contributed by atoms with Gasteiger partial charge in [-0.3, -0.25) is 10.5 Å². The molecule has 1 unspecified atom stereocenters. The summed E-state index contributed by atoms with van der Waals surface area (Å²) < 4.78 is 2.88. The molecule has 0 aliphatic carbocycles. The van der Waals surface area contributed by atoms with Crippen molar-refractivity contribution in [1.29, 1.82) is 0 Å². The van der Waals surface area contributed by atoms with Crippen LogP contribution in [0.25, 0.3) is 0 Å². The fourth-order valence-corrected chi connectivity index (χ4v) is 2.64. The van der Waals surface area contributed by atoms with Crippen molar-refractivity contribution < 1.29 is 0 Å². The van der Waals surface area contributed by atoms with E-state index in [-0.39, 0.29) is 6.04 Å². The van der Waals surface area contributed by atoms with E-state index < -0.39 is 0 Å². The third kappa shape index (κ3) is 3.36. The lowest BCUT2D eigenvalue weighted by Crippen LogP contribution is -2.28. The molecule has 0 saturated heterocycles. The van der Waals surface area contributed by atoms with Crippen LogP contribution in [-0.4, -0.2) is 9.78 Å². The first kappa shape index (κ1) is 14.5. The van der Waals surface area contributed by atoms with Crippen LogP contribution in [0.3, 0.4) is 0 Å². The van der Waals surface area contributed by atoms with Crippen molar-refractivity contribution >= 4 is 27.5 Å². The van der Waals surface area contributed by atoms with Gasteiger partial charge in [0.1, 0.15) is 0 Å². The van der Waals surface area contributed by atoms with Crippen molar-refractivity contribution in [3.63, 3.8) is 0 Å². The van der Waals surface area contributed by atoms with Gasteiger partial charge in [0.25, 0.3) is 0 Å². The summed E-state index contributed by atoms with van der Waals surface area (Å²) in [6.45, 7) is 3.02. The number of hydrogen-bond donors (Lipinski definition) is 2. The second-order valence-corrected chi connectivity index (χ2v) is 5.59. The van der Waals surface area contributed by atoms with E-state index >= 15 is 0 Å². The quantitative estimate of drug-likeness (QED) is 0.647. The molecule has 1 atom stereocenters. The van der Waals surface area contributed by atoms with Crippen LogP contribution < -0.4 is 11.3 Å². The third-order valence-electron chi connectivity index (χ3n) is 2.87. The van der Waals surface area contributed by atoms with E-state index in [1.807, 2.05) is 35.3 Å². The lowest BCUT2D eigenvalue weighted by molar-refractivity contribution is 0.597. The molecule has 1 aromatic heterocycles. The lowest BCUT2D eigenvalue weighted by atomic mass is 10.0. The Kier molecular flexibility index (Phi) is 4.99. The van der Waals surface area contributed by atoms with E-state index in [0.717, 1.165) is 28.6 Å². The molecule has 0 aliphatic rings. The second-order valence-electron chi connectivity index (χ2n) is 4.30. The molecule has 3 N–H and O–H groups in total. The van der Waals surface area contributed by atoms with Crippen LogP contribution in [0.1, 0.15) is 30.5 Å². The van der Waals surface area contributed by atoms with E-state index in [0.29, 0.717) is 5.02 Å². The summed E-state index contributed by atoms with van der Waals surface area (Å²) in [7, 11) is 0. The molecule has 1 heterocycles. The molecule has 2 rings (SSSR count). The van der Waals surface area contributed by atoms with Crippen LogP contribution in [0, 0.1) is 0 Å². The van der Waals surface area contributed by atoms with Gasteiger partial charge in [-0.05, 0) is 30.2 Å². The predicted octanol–water partition coefficient (Wildman–Crippen LogP) is 3.26. The number of halogens is 2. The first-order valence-electron chi connectivity index (χ1n) is 6.09. The normalized spacial score (nSPS) is 12.6. The Balaban J connectivity index is 2.35. The summed E-state index contributed by atoms with van der Waals surface area (Å²) in [4.78, 5) is 0. The molecule has 6 heteroatoms. The van der Waals surface area contributed by atoms with Crippen molar-refractivity contribution in [2.75, 3.05) is 0 Å². The van der Waals surface area contributed by atoms with E-state index in [2.05, 4.69) is 33.4 Å². The first-order chi connectivity index (χ1) is 9.15. The van der Waals surface area contributed by atoms with Crippen LogP contribution in [0.5, 0.6) is 0 Å². The maximum Gasteiger partial charge on any atom is 0.0752 e. The number of hydrazine groups is 1. The molecule has 0 amide bonds. The molecule has 0 saturated carbocycles. The fourth-order valence-electron chi connectivity index (χ4n) is 1.98. The maximum absolute atomic E-state index is 6.05. The summed E-state index contributed by atoms with van der Waals surface area (Å²) >= 11 is 9.58. The minimum Gasteiger partial charge on any atom is -0.272 e. The topological polar surface area (TPSA) is 55.9 Å². The molecule has 0 fully saturated rings. The smallest absolute Gasteiger partial charge is 0.0752 e. The number of aromatic nitrogens is 2. The van der Waals surface area contributed by atoms with Crippen LogP contribution in [0.15, 0.2) is 35.1 Å². The van der Waals surface area contributed by atoms with Crippen LogP contribution in [-0.2, 0) is 6.54 Å². The van der Waals surface area contributed by atoms with E-state index in [1.54, 1.807) is 0 Å². The Bertz CT molecular complexity index is 555. The first-order valence-corrected chi connectivity index (χ1v) is 7.26. The highest BCUT2D eigenvalue weighted by molar-refractivity contribution is 9.10. The zero-order valence-corrected chi connectivity index (χ0v) is 12.9. The van der Waals surface area contributed by atoms with Gasteiger partial charge >= 0.3 is 0 Å². The third-order valence-corrected chi connectivity index (χ3v) is 3.83. The summed E-state index contributed by atoms with van der Waals surface area (Å²) in [5, 5.41) is 5.01. The van der Waals surface area contributed by atoms with E-state index in [4.69, 9.17) is 17.4 Å². The average Bonchev–Trinajstić information content (AvgIpc) is 2.83. The highest BCUT2D eigenvalue weighted by atomic mass is 79.9. The SMILES string of the molecule is CCCn1cc(C(NN)c2cc(Cl)ccc2Br)cn1. The minimum atomic E-state index is -0.140. The van der Waals surface area contributed by atoms with Gasteiger partial charge in [-0.1, -0.05) is 34.5 Å². The lowest BCUT2D eigenvalue weighted by Gasteiger charge is -2.16. The summed E-state index contributed by atoms with van der Waals surface area (Å²) in [5.74, 6) is 5.69. The molecule has 0 spiro atoms. The Morgan fingerprint density at radius 2 is 2.32 bits per heavy atom. The highest BCUT2D eigenvalue weighted by Crippen LogP contribution is 2.30. The van der Waals surface area contributed by atoms with Crippen LogP contribution in [0.4, 0.5) is 0 Å². The number of hydrogen-bond acceptors (Lipinski definition) is 3. The fraction of sp³-hybridized carbons (Fsp3) is 0.308. The summed E-state index contributed by atoms with van der Waals surface area (Å²) in [5.41, 5.74) is 4.82. The van der Waals surface area contributed by atoms with Crippen LogP contribution in [0.2, 0.25) is 5.02 Å². The van der Waals surface area contributed by atoms with Gasteiger partial charge in [0.2, 0.25) is 0 Å². The van der Waals surface area contributed by atoms with Gasteiger partial charge < -0.3 is 0 Å². The molecule has 19 heavy (non-hydrogen) atoms. The molecule has 4 nitrogen and oxygen atoms in total. The molecule has 2 aromatic rings.